The maximum atomic E-state index is 13.8. The highest BCUT2D eigenvalue weighted by atomic mass is 16.2. The molecule has 0 N–H and O–H groups in total. The summed E-state index contributed by atoms with van der Waals surface area (Å²) in [5.41, 5.74) is 8.09. The zero-order valence-electron chi connectivity index (χ0n) is 27.4. The lowest BCUT2D eigenvalue weighted by atomic mass is 9.81. The molecule has 3 heterocycles. The van der Waals surface area contributed by atoms with Crippen LogP contribution in [0.4, 0.5) is 17.1 Å². The Morgan fingerprint density at radius 2 is 1.50 bits per heavy atom. The first-order chi connectivity index (χ1) is 22.2. The molecule has 2 fully saturated rings. The van der Waals surface area contributed by atoms with Gasteiger partial charge < -0.3 is 14.7 Å². The largest absolute Gasteiger partial charge is 0.368 e. The molecule has 1 amide bonds. The van der Waals surface area contributed by atoms with Crippen LogP contribution < -0.4 is 9.80 Å². The average Bonchev–Trinajstić information content (AvgIpc) is 3.64. The first-order valence-electron chi connectivity index (χ1n) is 16.5. The number of amides is 1. The Hall–Kier alpha value is -4.71. The summed E-state index contributed by atoms with van der Waals surface area (Å²) in [6, 6.07) is 29.5. The van der Waals surface area contributed by atoms with Crippen molar-refractivity contribution < 1.29 is 14.2 Å². The number of carbonyl (C=O) groups excluding carboxylic acids is 2. The van der Waals surface area contributed by atoms with Gasteiger partial charge in [-0.05, 0) is 86.4 Å². The van der Waals surface area contributed by atoms with Crippen molar-refractivity contribution in [3.8, 4) is 0 Å². The van der Waals surface area contributed by atoms with Crippen molar-refractivity contribution in [3.05, 3.63) is 108 Å². The number of para-hydroxylation sites is 1. The van der Waals surface area contributed by atoms with Crippen LogP contribution in [0.25, 0.3) is 16.8 Å². The maximum Gasteiger partial charge on any atom is 0.245 e. The number of allylic oxidation sites excluding steroid dienone is 1. The normalized spacial score (nSPS) is 19.4. The molecule has 6 heteroatoms. The summed E-state index contributed by atoms with van der Waals surface area (Å²) in [4.78, 5) is 32.3. The van der Waals surface area contributed by atoms with E-state index in [1.54, 1.807) is 6.92 Å². The van der Waals surface area contributed by atoms with Crippen LogP contribution in [0, 0.1) is 0 Å². The van der Waals surface area contributed by atoms with Crippen molar-refractivity contribution in [1.82, 2.24) is 4.90 Å². The number of anilines is 2. The molecule has 1 unspecified atom stereocenters. The molecule has 0 radical (unpaired) electrons. The Bertz CT molecular complexity index is 1880. The van der Waals surface area contributed by atoms with E-state index in [2.05, 4.69) is 119 Å². The molecule has 0 saturated carbocycles. The molecule has 0 bridgehead atoms. The van der Waals surface area contributed by atoms with E-state index in [-0.39, 0.29) is 23.1 Å². The Kier molecular flexibility index (Phi) is 7.75. The van der Waals surface area contributed by atoms with Gasteiger partial charge >= 0.3 is 0 Å². The zero-order chi connectivity index (χ0) is 32.0. The number of hydrogen-bond donors (Lipinski definition) is 0. The molecule has 1 atom stereocenters. The van der Waals surface area contributed by atoms with Gasteiger partial charge in [0.2, 0.25) is 11.6 Å². The molecule has 0 spiro atoms. The molecule has 6 nitrogen and oxygen atoms in total. The molecular weight excluding hydrogens is 568 g/mol. The number of Topliss-reactive ketones (excluding diaryl/α,β-unsaturated/α-hetero) is 1. The fourth-order valence-corrected chi connectivity index (χ4v) is 7.63. The second-order valence-electron chi connectivity index (χ2n) is 13.5. The molecule has 234 valence electrons. The van der Waals surface area contributed by atoms with Crippen molar-refractivity contribution in [2.24, 2.45) is 0 Å². The first-order valence-corrected chi connectivity index (χ1v) is 16.5. The molecular formula is C40H43N4O2+. The number of rotatable bonds is 6. The molecule has 4 aromatic rings. The fraction of sp³-hybridized carbons (Fsp3) is 0.325. The van der Waals surface area contributed by atoms with Crippen LogP contribution in [-0.2, 0) is 10.2 Å². The van der Waals surface area contributed by atoms with Crippen LogP contribution in [-0.4, -0.2) is 72.7 Å². The number of ketones is 1. The van der Waals surface area contributed by atoms with Crippen LogP contribution in [0.15, 0.2) is 91.0 Å². The van der Waals surface area contributed by atoms with E-state index >= 15 is 0 Å². The van der Waals surface area contributed by atoms with E-state index in [0.717, 1.165) is 67.6 Å². The van der Waals surface area contributed by atoms with Gasteiger partial charge in [-0.1, -0.05) is 48.5 Å². The van der Waals surface area contributed by atoms with E-state index in [1.807, 2.05) is 18.2 Å². The maximum absolute atomic E-state index is 13.8. The highest BCUT2D eigenvalue weighted by molar-refractivity contribution is 6.05. The summed E-state index contributed by atoms with van der Waals surface area (Å²) in [5, 5.41) is 2.14. The smallest absolute Gasteiger partial charge is 0.245 e. The number of carbonyl (C=O) groups is 2. The fourth-order valence-electron chi connectivity index (χ4n) is 7.63. The van der Waals surface area contributed by atoms with Crippen LogP contribution in [0.3, 0.4) is 0 Å². The van der Waals surface area contributed by atoms with E-state index in [4.69, 9.17) is 0 Å². The van der Waals surface area contributed by atoms with E-state index in [1.165, 1.54) is 28.2 Å². The highest BCUT2D eigenvalue weighted by Gasteiger charge is 2.42. The monoisotopic (exact) mass is 611 g/mol. The average molecular weight is 612 g/mol. The van der Waals surface area contributed by atoms with Gasteiger partial charge in [-0.15, -0.1) is 0 Å². The second kappa shape index (κ2) is 11.9. The standard InChI is InChI=1S/C40H43N4O2/c1-28(45)30-14-15-32-27-34(19-16-31(32)26-30)44-21-7-10-37(44)39(46)43-24-22-42(23-25-43)33-17-11-29(12-18-33)13-20-38-40(2,3)35-8-5-6-9-36(35)41(38)4/h5-6,8-9,11-20,26-27,37H,7,10,21-25H2,1-4H3/q+1. The van der Waals surface area contributed by atoms with Gasteiger partial charge in [0, 0.05) is 67.4 Å². The Morgan fingerprint density at radius 3 is 2.24 bits per heavy atom. The molecule has 2 saturated heterocycles. The molecule has 0 aromatic heterocycles. The molecule has 3 aliphatic heterocycles. The van der Waals surface area contributed by atoms with Gasteiger partial charge in [-0.25, -0.2) is 0 Å². The van der Waals surface area contributed by atoms with Crippen LogP contribution >= 0.6 is 0 Å². The van der Waals surface area contributed by atoms with Gasteiger partial charge in [0.1, 0.15) is 13.1 Å². The summed E-state index contributed by atoms with van der Waals surface area (Å²) < 4.78 is 2.31. The third-order valence-corrected chi connectivity index (χ3v) is 10.3. The molecule has 7 rings (SSSR count). The third kappa shape index (κ3) is 5.40. The predicted molar refractivity (Wildman–Crippen MR) is 189 cm³/mol. The van der Waals surface area contributed by atoms with E-state index in [9.17, 15) is 9.59 Å². The minimum atomic E-state index is -0.124. The van der Waals surface area contributed by atoms with Crippen molar-refractivity contribution in [2.45, 2.75) is 45.1 Å². The van der Waals surface area contributed by atoms with Gasteiger partial charge in [0.25, 0.3) is 0 Å². The molecule has 4 aromatic carbocycles. The number of piperazine rings is 1. The minimum Gasteiger partial charge on any atom is -0.368 e. The number of nitrogens with zero attached hydrogens (tertiary/aromatic N) is 4. The lowest BCUT2D eigenvalue weighted by Gasteiger charge is -2.38. The number of hydrogen-bond acceptors (Lipinski definition) is 4. The lowest BCUT2D eigenvalue weighted by Crippen LogP contribution is -2.53. The molecule has 0 aliphatic carbocycles. The topological polar surface area (TPSA) is 46.9 Å². The van der Waals surface area contributed by atoms with Crippen molar-refractivity contribution >= 4 is 51.3 Å². The van der Waals surface area contributed by atoms with Crippen LogP contribution in [0.2, 0.25) is 0 Å². The highest BCUT2D eigenvalue weighted by Crippen LogP contribution is 2.39. The molecule has 46 heavy (non-hydrogen) atoms. The Morgan fingerprint density at radius 1 is 0.804 bits per heavy atom. The Labute approximate surface area is 272 Å². The third-order valence-electron chi connectivity index (χ3n) is 10.3. The lowest BCUT2D eigenvalue weighted by molar-refractivity contribution is -0.401. The van der Waals surface area contributed by atoms with Gasteiger partial charge in [0.15, 0.2) is 11.5 Å². The van der Waals surface area contributed by atoms with Crippen molar-refractivity contribution in [1.29, 1.82) is 0 Å². The van der Waals surface area contributed by atoms with Crippen LogP contribution in [0.1, 0.15) is 55.1 Å². The van der Waals surface area contributed by atoms with Gasteiger partial charge in [-0.3, -0.25) is 9.59 Å². The summed E-state index contributed by atoms with van der Waals surface area (Å²) in [6.45, 7) is 10.2. The number of benzene rings is 4. The SMILES string of the molecule is CC(=O)c1ccc2cc(N3CCCC3C(=O)N3CCN(c4ccc(/C=C/C5=[N+](C)c6ccccc6C5(C)C)cc4)CC3)ccc2c1. The van der Waals surface area contributed by atoms with Crippen LogP contribution in [0.5, 0.6) is 0 Å². The number of fused-ring (bicyclic) bond motifs is 2. The summed E-state index contributed by atoms with van der Waals surface area (Å²) in [5.74, 6) is 0.313. The predicted octanol–water partition coefficient (Wildman–Crippen LogP) is 7.08. The van der Waals surface area contributed by atoms with Crippen molar-refractivity contribution in [3.63, 3.8) is 0 Å². The zero-order valence-corrected chi connectivity index (χ0v) is 27.4. The van der Waals surface area contributed by atoms with E-state index < -0.39 is 0 Å². The molecule has 3 aliphatic rings. The second-order valence-corrected chi connectivity index (χ2v) is 13.5. The summed E-state index contributed by atoms with van der Waals surface area (Å²) in [6.07, 6.45) is 6.37. The first kappa shape index (κ1) is 30.0. The minimum absolute atomic E-state index is 0.0363. The van der Waals surface area contributed by atoms with Gasteiger partial charge in [0.05, 0.1) is 5.41 Å². The Balaban J connectivity index is 0.976. The summed E-state index contributed by atoms with van der Waals surface area (Å²) >= 11 is 0. The van der Waals surface area contributed by atoms with Gasteiger partial charge in [-0.2, -0.15) is 4.58 Å². The summed E-state index contributed by atoms with van der Waals surface area (Å²) in [7, 11) is 2.15. The quantitative estimate of drug-likeness (QED) is 0.173. The van der Waals surface area contributed by atoms with Crippen molar-refractivity contribution in [2.75, 3.05) is 49.6 Å². The van der Waals surface area contributed by atoms with E-state index in [0.29, 0.717) is 0 Å².